The molecule has 3 nitrogen and oxygen atoms in total. The lowest BCUT2D eigenvalue weighted by Crippen LogP contribution is -2.05. The van der Waals surface area contributed by atoms with Crippen LogP contribution in [0.4, 0.5) is 5.82 Å². The summed E-state index contributed by atoms with van der Waals surface area (Å²) >= 11 is 5.98. The van der Waals surface area contributed by atoms with Gasteiger partial charge < -0.3 is 5.32 Å². The Labute approximate surface area is 105 Å². The van der Waals surface area contributed by atoms with E-state index in [0.29, 0.717) is 11.3 Å². The van der Waals surface area contributed by atoms with Crippen LogP contribution in [-0.2, 0) is 0 Å². The lowest BCUT2D eigenvalue weighted by Gasteiger charge is -2.10. The molecule has 0 unspecified atom stereocenters. The molecule has 0 aliphatic heterocycles. The topological polar surface area (TPSA) is 37.8 Å². The van der Waals surface area contributed by atoms with Gasteiger partial charge >= 0.3 is 0 Å². The Bertz CT molecular complexity index is 591. The van der Waals surface area contributed by atoms with Crippen LogP contribution in [0.15, 0.2) is 12.1 Å². The van der Waals surface area contributed by atoms with E-state index >= 15 is 0 Å². The van der Waals surface area contributed by atoms with Crippen molar-refractivity contribution in [3.05, 3.63) is 28.5 Å². The van der Waals surface area contributed by atoms with Crippen molar-refractivity contribution in [2.24, 2.45) is 0 Å². The van der Waals surface area contributed by atoms with Crippen LogP contribution >= 0.6 is 11.6 Å². The molecule has 1 aromatic heterocycles. The number of hydrogen-bond acceptors (Lipinski definition) is 3. The molecule has 0 spiro atoms. The Morgan fingerprint density at radius 3 is 2.71 bits per heavy atom. The van der Waals surface area contributed by atoms with Gasteiger partial charge in [-0.3, -0.25) is 0 Å². The largest absolute Gasteiger partial charge is 0.367 e. The molecule has 2 aromatic rings. The van der Waals surface area contributed by atoms with Gasteiger partial charge in [0.2, 0.25) is 5.28 Å². The van der Waals surface area contributed by atoms with Gasteiger partial charge in [0.15, 0.2) is 0 Å². The van der Waals surface area contributed by atoms with Crippen LogP contribution in [0.2, 0.25) is 5.28 Å². The SMILES string of the molecule is Cc1cc(C)c2nc(Cl)nc(NC3CC3)c2c1. The third-order valence-electron chi connectivity index (χ3n) is 3.03. The molecular weight excluding hydrogens is 234 g/mol. The Hall–Kier alpha value is -1.35. The first-order valence-electron chi connectivity index (χ1n) is 5.84. The average molecular weight is 248 g/mol. The molecule has 17 heavy (non-hydrogen) atoms. The number of aromatic nitrogens is 2. The van der Waals surface area contributed by atoms with Gasteiger partial charge in [-0.05, 0) is 55.5 Å². The van der Waals surface area contributed by atoms with Crippen molar-refractivity contribution in [1.29, 1.82) is 0 Å². The maximum Gasteiger partial charge on any atom is 0.224 e. The van der Waals surface area contributed by atoms with Crippen molar-refractivity contribution in [2.45, 2.75) is 32.7 Å². The highest BCUT2D eigenvalue weighted by Gasteiger charge is 2.22. The number of fused-ring (bicyclic) bond motifs is 1. The zero-order chi connectivity index (χ0) is 12.0. The number of rotatable bonds is 2. The molecule has 88 valence electrons. The van der Waals surface area contributed by atoms with Crippen LogP contribution in [0, 0.1) is 13.8 Å². The molecule has 0 saturated heterocycles. The number of benzene rings is 1. The third kappa shape index (κ3) is 2.07. The summed E-state index contributed by atoms with van der Waals surface area (Å²) in [6.45, 7) is 4.14. The van der Waals surface area contributed by atoms with Crippen molar-refractivity contribution < 1.29 is 0 Å². The first-order valence-corrected chi connectivity index (χ1v) is 6.22. The molecule has 1 aliphatic carbocycles. The molecule has 0 radical (unpaired) electrons. The number of aryl methyl sites for hydroxylation is 2. The molecule has 1 N–H and O–H groups in total. The molecule has 0 atom stereocenters. The van der Waals surface area contributed by atoms with Crippen molar-refractivity contribution in [1.82, 2.24) is 9.97 Å². The summed E-state index contributed by atoms with van der Waals surface area (Å²) in [5.74, 6) is 0.870. The van der Waals surface area contributed by atoms with E-state index < -0.39 is 0 Å². The Balaban J connectivity index is 2.24. The molecule has 0 bridgehead atoms. The summed E-state index contributed by atoms with van der Waals surface area (Å²) in [7, 11) is 0. The van der Waals surface area contributed by atoms with Crippen LogP contribution in [-0.4, -0.2) is 16.0 Å². The predicted octanol–water partition coefficient (Wildman–Crippen LogP) is 3.47. The van der Waals surface area contributed by atoms with Gasteiger partial charge in [0.25, 0.3) is 0 Å². The number of nitrogens with one attached hydrogen (secondary N) is 1. The quantitative estimate of drug-likeness (QED) is 0.826. The van der Waals surface area contributed by atoms with Gasteiger partial charge in [-0.25, -0.2) is 9.97 Å². The van der Waals surface area contributed by atoms with E-state index in [2.05, 4.69) is 41.3 Å². The predicted molar refractivity (Wildman–Crippen MR) is 70.7 cm³/mol. The number of hydrogen-bond donors (Lipinski definition) is 1. The van der Waals surface area contributed by atoms with Crippen molar-refractivity contribution in [2.75, 3.05) is 5.32 Å². The van der Waals surface area contributed by atoms with E-state index in [-0.39, 0.29) is 0 Å². The first kappa shape index (κ1) is 10.8. The second-order valence-corrected chi connectivity index (χ2v) is 5.08. The van der Waals surface area contributed by atoms with Gasteiger partial charge in [-0.1, -0.05) is 6.07 Å². The fraction of sp³-hybridized carbons (Fsp3) is 0.385. The van der Waals surface area contributed by atoms with Crippen molar-refractivity contribution >= 4 is 28.3 Å². The number of anilines is 1. The van der Waals surface area contributed by atoms with Gasteiger partial charge in [-0.15, -0.1) is 0 Å². The molecule has 1 aromatic carbocycles. The molecular formula is C13H14ClN3. The van der Waals surface area contributed by atoms with E-state index in [1.54, 1.807) is 0 Å². The number of halogens is 1. The highest BCUT2D eigenvalue weighted by atomic mass is 35.5. The fourth-order valence-electron chi connectivity index (χ4n) is 2.09. The van der Waals surface area contributed by atoms with Crippen LogP contribution in [0.25, 0.3) is 10.9 Å². The third-order valence-corrected chi connectivity index (χ3v) is 3.20. The summed E-state index contributed by atoms with van der Waals surface area (Å²) in [6, 6.07) is 4.79. The van der Waals surface area contributed by atoms with Crippen LogP contribution in [0.5, 0.6) is 0 Å². The second-order valence-electron chi connectivity index (χ2n) is 4.74. The van der Waals surface area contributed by atoms with Gasteiger partial charge in [0, 0.05) is 11.4 Å². The number of nitrogens with zero attached hydrogens (tertiary/aromatic N) is 2. The molecule has 3 rings (SSSR count). The zero-order valence-electron chi connectivity index (χ0n) is 9.92. The second kappa shape index (κ2) is 3.84. The lowest BCUT2D eigenvalue weighted by molar-refractivity contribution is 1.10. The highest BCUT2D eigenvalue weighted by Crippen LogP contribution is 2.30. The smallest absolute Gasteiger partial charge is 0.224 e. The van der Waals surface area contributed by atoms with Crippen LogP contribution < -0.4 is 5.32 Å². The molecule has 1 heterocycles. The van der Waals surface area contributed by atoms with Crippen molar-refractivity contribution in [3.8, 4) is 0 Å². The first-order chi connectivity index (χ1) is 8.13. The summed E-state index contributed by atoms with van der Waals surface area (Å²) in [5.41, 5.74) is 3.31. The summed E-state index contributed by atoms with van der Waals surface area (Å²) in [4.78, 5) is 8.63. The standard InChI is InChI=1S/C13H14ClN3/c1-7-5-8(2)11-10(6-7)12(15-9-3-4-9)17-13(14)16-11/h5-6,9H,3-4H2,1-2H3,(H,15,16,17). The normalized spacial score (nSPS) is 15.2. The van der Waals surface area contributed by atoms with Crippen LogP contribution in [0.3, 0.4) is 0 Å². The molecule has 1 fully saturated rings. The Morgan fingerprint density at radius 1 is 1.24 bits per heavy atom. The Kier molecular flexibility index (Phi) is 2.44. The fourth-order valence-corrected chi connectivity index (χ4v) is 2.26. The van der Waals surface area contributed by atoms with Gasteiger partial charge in [-0.2, -0.15) is 0 Å². The lowest BCUT2D eigenvalue weighted by atomic mass is 10.1. The summed E-state index contributed by atoms with van der Waals surface area (Å²) in [6.07, 6.45) is 2.43. The molecule has 1 saturated carbocycles. The summed E-state index contributed by atoms with van der Waals surface area (Å²) in [5, 5.41) is 4.80. The molecule has 1 aliphatic rings. The monoisotopic (exact) mass is 247 g/mol. The zero-order valence-corrected chi connectivity index (χ0v) is 10.7. The minimum absolute atomic E-state index is 0.313. The van der Waals surface area contributed by atoms with E-state index in [1.165, 1.54) is 18.4 Å². The maximum absolute atomic E-state index is 5.98. The van der Waals surface area contributed by atoms with E-state index in [4.69, 9.17) is 11.6 Å². The molecule has 4 heteroatoms. The van der Waals surface area contributed by atoms with Crippen LogP contribution in [0.1, 0.15) is 24.0 Å². The highest BCUT2D eigenvalue weighted by molar-refractivity contribution is 6.28. The minimum atomic E-state index is 0.313. The Morgan fingerprint density at radius 2 is 2.00 bits per heavy atom. The van der Waals surface area contributed by atoms with E-state index in [1.807, 2.05) is 0 Å². The average Bonchev–Trinajstić information content (AvgIpc) is 3.04. The maximum atomic E-state index is 5.98. The van der Waals surface area contributed by atoms with Crippen molar-refractivity contribution in [3.63, 3.8) is 0 Å². The molecule has 0 amide bonds. The minimum Gasteiger partial charge on any atom is -0.367 e. The van der Waals surface area contributed by atoms with Gasteiger partial charge in [0.05, 0.1) is 5.52 Å². The van der Waals surface area contributed by atoms with Gasteiger partial charge in [0.1, 0.15) is 5.82 Å². The van der Waals surface area contributed by atoms with E-state index in [9.17, 15) is 0 Å². The summed E-state index contributed by atoms with van der Waals surface area (Å²) < 4.78 is 0. The van der Waals surface area contributed by atoms with E-state index in [0.717, 1.165) is 22.3 Å².